The van der Waals surface area contributed by atoms with Gasteiger partial charge in [-0.1, -0.05) is 23.7 Å². The zero-order valence-electron chi connectivity index (χ0n) is 20.2. The third-order valence-electron chi connectivity index (χ3n) is 5.88. The number of phosphoric acid groups is 1. The number of ether oxygens (including phenoxy) is 2. The summed E-state index contributed by atoms with van der Waals surface area (Å²) in [5.41, 5.74) is -3.41. The van der Waals surface area contributed by atoms with Crippen LogP contribution in [0.3, 0.4) is 0 Å². The van der Waals surface area contributed by atoms with E-state index in [1.54, 1.807) is 24.3 Å². The first kappa shape index (κ1) is 27.5. The number of benzene rings is 1. The van der Waals surface area contributed by atoms with Crippen molar-refractivity contribution in [3.63, 3.8) is 0 Å². The van der Waals surface area contributed by atoms with Gasteiger partial charge < -0.3 is 14.4 Å². The van der Waals surface area contributed by atoms with Gasteiger partial charge in [-0.2, -0.15) is 0 Å². The second-order valence-corrected chi connectivity index (χ2v) is 11.0. The number of phosphoric ester groups is 1. The Morgan fingerprint density at radius 2 is 2.11 bits per heavy atom. The quantitative estimate of drug-likeness (QED) is 0.527. The number of aromatic nitrogens is 2. The standard InChI is InChI=1S/C22H26ClFN3O9P/c1-22(24)18(35-21(30)26(2)3)16(34-19(22)27-9-7-17(28)25-20(27)29)12-33-37(31)32-10-8-15(36-37)13-5-4-6-14(23)11-13/h4-7,9,11,15-16,18-19H,8,10,12H2,1-3H3,(H,25,28,29)/t15?,16-,18-,19-,22-,37?/m1/s1. The van der Waals surface area contributed by atoms with Crippen molar-refractivity contribution in [1.82, 2.24) is 14.5 Å². The summed E-state index contributed by atoms with van der Waals surface area (Å²) in [7, 11) is -1.34. The number of nitrogens with one attached hydrogen (secondary N) is 1. The number of carbonyl (C=O) groups is 1. The highest BCUT2D eigenvalue weighted by atomic mass is 35.5. The van der Waals surface area contributed by atoms with E-state index in [4.69, 9.17) is 34.6 Å². The summed E-state index contributed by atoms with van der Waals surface area (Å²) in [6.45, 7) is 0.558. The lowest BCUT2D eigenvalue weighted by molar-refractivity contribution is -0.0656. The number of carbonyl (C=O) groups excluding carboxylic acids is 1. The number of nitrogens with zero attached hydrogens (tertiary/aromatic N) is 2. The van der Waals surface area contributed by atoms with Crippen LogP contribution in [0.2, 0.25) is 5.02 Å². The fourth-order valence-electron chi connectivity index (χ4n) is 4.03. The molecular weight excluding hydrogens is 536 g/mol. The van der Waals surface area contributed by atoms with E-state index >= 15 is 4.39 Å². The van der Waals surface area contributed by atoms with Crippen molar-refractivity contribution in [2.24, 2.45) is 0 Å². The molecule has 0 saturated carbocycles. The van der Waals surface area contributed by atoms with Crippen molar-refractivity contribution in [1.29, 1.82) is 0 Å². The van der Waals surface area contributed by atoms with Gasteiger partial charge >= 0.3 is 19.6 Å². The Morgan fingerprint density at radius 3 is 2.78 bits per heavy atom. The molecule has 1 amide bonds. The van der Waals surface area contributed by atoms with E-state index < -0.39 is 62.0 Å². The number of rotatable bonds is 6. The Balaban J connectivity index is 1.56. The van der Waals surface area contributed by atoms with Crippen LogP contribution in [0.4, 0.5) is 9.18 Å². The van der Waals surface area contributed by atoms with Gasteiger partial charge in [0.25, 0.3) is 5.56 Å². The number of alkyl halides is 1. The molecule has 0 spiro atoms. The van der Waals surface area contributed by atoms with Crippen LogP contribution in [-0.4, -0.2) is 65.7 Å². The van der Waals surface area contributed by atoms with Gasteiger partial charge in [0, 0.05) is 37.8 Å². The van der Waals surface area contributed by atoms with Crippen LogP contribution in [0, 0.1) is 0 Å². The summed E-state index contributed by atoms with van der Waals surface area (Å²) in [4.78, 5) is 39.2. The maximum Gasteiger partial charge on any atom is 0.475 e. The summed E-state index contributed by atoms with van der Waals surface area (Å²) in [6, 6.07) is 7.84. The van der Waals surface area contributed by atoms with E-state index in [-0.39, 0.29) is 6.61 Å². The van der Waals surface area contributed by atoms with Crippen LogP contribution in [0.15, 0.2) is 46.1 Å². The lowest BCUT2D eigenvalue weighted by Crippen LogP contribution is -2.47. The molecule has 37 heavy (non-hydrogen) atoms. The van der Waals surface area contributed by atoms with Gasteiger partial charge in [0.2, 0.25) is 0 Å². The minimum absolute atomic E-state index is 0.0508. The highest BCUT2D eigenvalue weighted by Crippen LogP contribution is 2.57. The van der Waals surface area contributed by atoms with Gasteiger partial charge in [0.1, 0.15) is 6.10 Å². The van der Waals surface area contributed by atoms with Gasteiger partial charge in [0.05, 0.1) is 19.3 Å². The Morgan fingerprint density at radius 1 is 1.35 bits per heavy atom. The molecule has 2 aliphatic heterocycles. The van der Waals surface area contributed by atoms with Crippen LogP contribution in [0.1, 0.15) is 31.2 Å². The van der Waals surface area contributed by atoms with E-state index in [0.717, 1.165) is 28.7 Å². The third-order valence-corrected chi connectivity index (χ3v) is 7.59. The van der Waals surface area contributed by atoms with E-state index in [1.165, 1.54) is 14.1 Å². The summed E-state index contributed by atoms with van der Waals surface area (Å²) in [5.74, 6) is 0. The lowest BCUT2D eigenvalue weighted by Gasteiger charge is -2.31. The Bertz CT molecular complexity index is 1320. The molecule has 15 heteroatoms. The summed E-state index contributed by atoms with van der Waals surface area (Å²) in [5, 5.41) is 0.471. The van der Waals surface area contributed by atoms with Gasteiger partial charge in [-0.05, 0) is 24.6 Å². The molecular formula is C22H26ClFN3O9P. The monoisotopic (exact) mass is 561 g/mol. The van der Waals surface area contributed by atoms with Gasteiger partial charge in [-0.15, -0.1) is 0 Å². The molecule has 3 heterocycles. The van der Waals surface area contributed by atoms with Gasteiger partial charge in [-0.25, -0.2) is 18.5 Å². The molecule has 0 radical (unpaired) electrons. The first-order valence-electron chi connectivity index (χ1n) is 11.3. The number of hydrogen-bond acceptors (Lipinski definition) is 9. The largest absolute Gasteiger partial charge is 0.475 e. The predicted molar refractivity (Wildman–Crippen MR) is 128 cm³/mol. The van der Waals surface area contributed by atoms with Crippen molar-refractivity contribution in [2.75, 3.05) is 27.3 Å². The summed E-state index contributed by atoms with van der Waals surface area (Å²) < 4.78 is 57.6. The topological polar surface area (TPSA) is 138 Å². The SMILES string of the molecule is CN(C)C(=O)O[C@@H]1[C@@H](COP2(=O)OCCC(c3cccc(Cl)c3)O2)O[C@@H](n2ccc(=O)[nH]c2=O)[C@]1(C)F. The average molecular weight is 562 g/mol. The van der Waals surface area contributed by atoms with E-state index in [0.29, 0.717) is 17.0 Å². The number of amides is 1. The molecule has 1 aromatic carbocycles. The van der Waals surface area contributed by atoms with Crippen LogP contribution in [-0.2, 0) is 27.6 Å². The Labute approximate surface area is 215 Å². The van der Waals surface area contributed by atoms with Crippen molar-refractivity contribution >= 4 is 25.5 Å². The van der Waals surface area contributed by atoms with Crippen molar-refractivity contribution in [3.8, 4) is 0 Å². The van der Waals surface area contributed by atoms with Crippen molar-refractivity contribution in [3.05, 3.63) is 68.0 Å². The molecule has 2 saturated heterocycles. The van der Waals surface area contributed by atoms with E-state index in [1.807, 2.05) is 4.98 Å². The van der Waals surface area contributed by atoms with Crippen LogP contribution in [0.5, 0.6) is 0 Å². The molecule has 0 aliphatic carbocycles. The fourth-order valence-corrected chi connectivity index (χ4v) is 5.62. The third kappa shape index (κ3) is 5.97. The molecule has 12 nitrogen and oxygen atoms in total. The normalized spacial score (nSPS) is 31.7. The summed E-state index contributed by atoms with van der Waals surface area (Å²) >= 11 is 6.05. The van der Waals surface area contributed by atoms with Crippen LogP contribution < -0.4 is 11.2 Å². The molecule has 202 valence electrons. The number of halogens is 2. The number of aromatic amines is 1. The zero-order chi connectivity index (χ0) is 27.0. The van der Waals surface area contributed by atoms with Crippen molar-refractivity contribution in [2.45, 2.75) is 43.6 Å². The molecule has 2 aliphatic rings. The van der Waals surface area contributed by atoms with Gasteiger partial charge in [-0.3, -0.25) is 27.9 Å². The van der Waals surface area contributed by atoms with Crippen molar-refractivity contribution < 1.29 is 36.8 Å². The predicted octanol–water partition coefficient (Wildman–Crippen LogP) is 3.19. The molecule has 0 bridgehead atoms. The maximum atomic E-state index is 16.1. The Hall–Kier alpha value is -2.54. The first-order valence-corrected chi connectivity index (χ1v) is 13.1. The maximum absolute atomic E-state index is 16.1. The molecule has 4 rings (SSSR count). The minimum atomic E-state index is -4.14. The zero-order valence-corrected chi connectivity index (χ0v) is 21.8. The number of hydrogen-bond donors (Lipinski definition) is 1. The molecule has 2 unspecified atom stereocenters. The number of H-pyrrole nitrogens is 1. The molecule has 2 aromatic rings. The summed E-state index contributed by atoms with van der Waals surface area (Å²) in [6.07, 6.45) is -4.60. The highest BCUT2D eigenvalue weighted by molar-refractivity contribution is 7.48. The second kappa shape index (κ2) is 10.7. The molecule has 6 atom stereocenters. The highest BCUT2D eigenvalue weighted by Gasteiger charge is 2.59. The lowest BCUT2D eigenvalue weighted by atomic mass is 9.98. The minimum Gasteiger partial charge on any atom is -0.440 e. The smallest absolute Gasteiger partial charge is 0.440 e. The van der Waals surface area contributed by atoms with Crippen LogP contribution >= 0.6 is 19.4 Å². The molecule has 2 fully saturated rings. The fraction of sp³-hybridized carbons (Fsp3) is 0.500. The Kier molecular flexibility index (Phi) is 7.93. The second-order valence-electron chi connectivity index (χ2n) is 8.91. The first-order chi connectivity index (χ1) is 17.4. The molecule has 1 aromatic heterocycles. The van der Waals surface area contributed by atoms with Crippen LogP contribution in [0.25, 0.3) is 0 Å². The molecule has 1 N–H and O–H groups in total. The van der Waals surface area contributed by atoms with E-state index in [9.17, 15) is 18.9 Å². The van der Waals surface area contributed by atoms with Gasteiger partial charge in [0.15, 0.2) is 18.0 Å². The average Bonchev–Trinajstić information content (AvgIpc) is 3.07. The van der Waals surface area contributed by atoms with E-state index in [2.05, 4.69) is 0 Å².